The maximum atomic E-state index is 11.7. The molecule has 1 heterocycles. The SMILES string of the molecule is FC(F)(F)CCCNCc1cncs1. The zero-order valence-electron chi connectivity index (χ0n) is 7.47. The molecular weight excluding hydrogens is 213 g/mol. The number of thiazole rings is 1. The molecule has 6 heteroatoms. The van der Waals surface area contributed by atoms with E-state index in [4.69, 9.17) is 0 Å². The van der Waals surface area contributed by atoms with Crippen molar-refractivity contribution in [3.63, 3.8) is 0 Å². The Morgan fingerprint density at radius 3 is 2.79 bits per heavy atom. The van der Waals surface area contributed by atoms with Crippen LogP contribution in [0.2, 0.25) is 0 Å². The maximum Gasteiger partial charge on any atom is 0.389 e. The summed E-state index contributed by atoms with van der Waals surface area (Å²) in [6, 6.07) is 0. The summed E-state index contributed by atoms with van der Waals surface area (Å²) in [5.41, 5.74) is 1.70. The van der Waals surface area contributed by atoms with Crippen molar-refractivity contribution in [1.29, 1.82) is 0 Å². The molecular formula is C8H11F3N2S. The first-order valence-electron chi connectivity index (χ1n) is 4.23. The van der Waals surface area contributed by atoms with Gasteiger partial charge >= 0.3 is 6.18 Å². The van der Waals surface area contributed by atoms with E-state index in [2.05, 4.69) is 10.3 Å². The zero-order chi connectivity index (χ0) is 10.4. The van der Waals surface area contributed by atoms with Gasteiger partial charge in [-0.15, -0.1) is 11.3 Å². The van der Waals surface area contributed by atoms with E-state index in [0.717, 1.165) is 4.88 Å². The van der Waals surface area contributed by atoms with E-state index in [0.29, 0.717) is 13.1 Å². The molecule has 1 aromatic rings. The third kappa shape index (κ3) is 5.18. The number of alkyl halides is 3. The lowest BCUT2D eigenvalue weighted by molar-refractivity contribution is -0.135. The molecule has 0 saturated heterocycles. The Labute approximate surface area is 84.2 Å². The predicted molar refractivity (Wildman–Crippen MR) is 49.1 cm³/mol. The van der Waals surface area contributed by atoms with Crippen LogP contribution < -0.4 is 5.32 Å². The van der Waals surface area contributed by atoms with Crippen LogP contribution in [-0.2, 0) is 6.54 Å². The van der Waals surface area contributed by atoms with Crippen molar-refractivity contribution in [2.24, 2.45) is 0 Å². The van der Waals surface area contributed by atoms with Crippen molar-refractivity contribution in [2.75, 3.05) is 6.54 Å². The van der Waals surface area contributed by atoms with E-state index in [1.54, 1.807) is 11.7 Å². The average molecular weight is 224 g/mol. The molecule has 0 aliphatic rings. The molecule has 0 saturated carbocycles. The van der Waals surface area contributed by atoms with Gasteiger partial charge in [-0.25, -0.2) is 0 Å². The van der Waals surface area contributed by atoms with E-state index >= 15 is 0 Å². The van der Waals surface area contributed by atoms with Crippen LogP contribution in [0.15, 0.2) is 11.7 Å². The smallest absolute Gasteiger partial charge is 0.312 e. The van der Waals surface area contributed by atoms with Gasteiger partial charge in [-0.05, 0) is 13.0 Å². The molecule has 80 valence electrons. The minimum Gasteiger partial charge on any atom is -0.312 e. The lowest BCUT2D eigenvalue weighted by Gasteiger charge is -2.06. The summed E-state index contributed by atoms with van der Waals surface area (Å²) in [6.45, 7) is 0.986. The molecule has 0 atom stereocenters. The van der Waals surface area contributed by atoms with Crippen LogP contribution in [0.3, 0.4) is 0 Å². The first kappa shape index (κ1) is 11.5. The van der Waals surface area contributed by atoms with Gasteiger partial charge in [0.25, 0.3) is 0 Å². The van der Waals surface area contributed by atoms with Crippen LogP contribution in [0, 0.1) is 0 Å². The van der Waals surface area contributed by atoms with Gasteiger partial charge in [0.2, 0.25) is 0 Å². The van der Waals surface area contributed by atoms with Crippen molar-refractivity contribution in [1.82, 2.24) is 10.3 Å². The zero-order valence-corrected chi connectivity index (χ0v) is 8.29. The fourth-order valence-corrected chi connectivity index (χ4v) is 1.52. The van der Waals surface area contributed by atoms with Crippen molar-refractivity contribution >= 4 is 11.3 Å². The summed E-state index contributed by atoms with van der Waals surface area (Å²) >= 11 is 1.49. The predicted octanol–water partition coefficient (Wildman–Crippen LogP) is 2.58. The summed E-state index contributed by atoms with van der Waals surface area (Å²) in [4.78, 5) is 4.90. The minimum absolute atomic E-state index is 0.127. The van der Waals surface area contributed by atoms with E-state index < -0.39 is 12.6 Å². The largest absolute Gasteiger partial charge is 0.389 e. The molecule has 0 bridgehead atoms. The van der Waals surface area contributed by atoms with Crippen LogP contribution >= 0.6 is 11.3 Å². The highest BCUT2D eigenvalue weighted by atomic mass is 32.1. The number of hydrogen-bond donors (Lipinski definition) is 1. The summed E-state index contributed by atoms with van der Waals surface area (Å²) in [6.07, 6.45) is -2.92. The van der Waals surface area contributed by atoms with Crippen molar-refractivity contribution in [2.45, 2.75) is 25.6 Å². The Morgan fingerprint density at radius 1 is 1.43 bits per heavy atom. The second-order valence-corrected chi connectivity index (χ2v) is 3.83. The van der Waals surface area contributed by atoms with Crippen molar-refractivity contribution in [3.8, 4) is 0 Å². The topological polar surface area (TPSA) is 24.9 Å². The van der Waals surface area contributed by atoms with Gasteiger partial charge in [0.15, 0.2) is 0 Å². The van der Waals surface area contributed by atoms with Gasteiger partial charge in [-0.1, -0.05) is 0 Å². The number of rotatable bonds is 5. The normalized spacial score (nSPS) is 11.9. The van der Waals surface area contributed by atoms with Gasteiger partial charge in [-0.3, -0.25) is 4.98 Å². The molecule has 0 aliphatic heterocycles. The summed E-state index contributed by atoms with van der Waals surface area (Å²) in [5, 5.41) is 2.93. The third-order valence-corrected chi connectivity index (χ3v) is 2.38. The minimum atomic E-state index is -4.04. The molecule has 1 aromatic heterocycles. The van der Waals surface area contributed by atoms with Crippen LogP contribution in [0.25, 0.3) is 0 Å². The van der Waals surface area contributed by atoms with E-state index in [-0.39, 0.29) is 6.42 Å². The first-order chi connectivity index (χ1) is 6.58. The van der Waals surface area contributed by atoms with Gasteiger partial charge < -0.3 is 5.32 Å². The molecule has 0 fully saturated rings. The number of nitrogens with zero attached hydrogens (tertiary/aromatic N) is 1. The fraction of sp³-hybridized carbons (Fsp3) is 0.625. The van der Waals surface area contributed by atoms with Gasteiger partial charge in [-0.2, -0.15) is 13.2 Å². The number of nitrogens with one attached hydrogen (secondary N) is 1. The molecule has 0 amide bonds. The van der Waals surface area contributed by atoms with Gasteiger partial charge in [0.05, 0.1) is 5.51 Å². The van der Waals surface area contributed by atoms with Crippen LogP contribution in [0.5, 0.6) is 0 Å². The van der Waals surface area contributed by atoms with Crippen molar-refractivity contribution < 1.29 is 13.2 Å². The Balaban J connectivity index is 2.00. The number of hydrogen-bond acceptors (Lipinski definition) is 3. The molecule has 14 heavy (non-hydrogen) atoms. The van der Waals surface area contributed by atoms with E-state index in [9.17, 15) is 13.2 Å². The molecule has 0 aromatic carbocycles. The van der Waals surface area contributed by atoms with Gasteiger partial charge in [0, 0.05) is 24.0 Å². The van der Waals surface area contributed by atoms with Crippen molar-refractivity contribution in [3.05, 3.63) is 16.6 Å². The molecule has 0 radical (unpaired) electrons. The highest BCUT2D eigenvalue weighted by Crippen LogP contribution is 2.20. The third-order valence-electron chi connectivity index (χ3n) is 1.60. The fourth-order valence-electron chi connectivity index (χ4n) is 0.955. The second-order valence-electron chi connectivity index (χ2n) is 2.86. The maximum absolute atomic E-state index is 11.7. The Hall–Kier alpha value is -0.620. The first-order valence-corrected chi connectivity index (χ1v) is 5.11. The van der Waals surface area contributed by atoms with Crippen LogP contribution in [0.1, 0.15) is 17.7 Å². The monoisotopic (exact) mass is 224 g/mol. The molecule has 1 N–H and O–H groups in total. The molecule has 0 spiro atoms. The summed E-state index contributed by atoms with van der Waals surface area (Å²) < 4.78 is 35.2. The Bertz CT molecular complexity index is 246. The number of aromatic nitrogens is 1. The highest BCUT2D eigenvalue weighted by molar-refractivity contribution is 7.09. The molecule has 1 rings (SSSR count). The van der Waals surface area contributed by atoms with Crippen LogP contribution in [0.4, 0.5) is 13.2 Å². The summed E-state index contributed by atoms with van der Waals surface area (Å²) in [5.74, 6) is 0. The lowest BCUT2D eigenvalue weighted by atomic mass is 10.3. The number of halogens is 3. The van der Waals surface area contributed by atoms with E-state index in [1.165, 1.54) is 11.3 Å². The standard InChI is InChI=1S/C8H11F3N2S/c9-8(10,11)2-1-3-12-4-7-5-13-6-14-7/h5-6,12H,1-4H2. The molecule has 2 nitrogen and oxygen atoms in total. The Morgan fingerprint density at radius 2 is 2.21 bits per heavy atom. The molecule has 0 aliphatic carbocycles. The Kier molecular flexibility index (Phi) is 4.34. The summed E-state index contributed by atoms with van der Waals surface area (Å²) in [7, 11) is 0. The van der Waals surface area contributed by atoms with E-state index in [1.807, 2.05) is 0 Å². The second kappa shape index (κ2) is 5.31. The molecule has 0 unspecified atom stereocenters. The quantitative estimate of drug-likeness (QED) is 0.777. The highest BCUT2D eigenvalue weighted by Gasteiger charge is 2.25. The average Bonchev–Trinajstić information content (AvgIpc) is 2.54. The van der Waals surface area contributed by atoms with Gasteiger partial charge in [0.1, 0.15) is 0 Å². The lowest BCUT2D eigenvalue weighted by Crippen LogP contribution is -2.17. The van der Waals surface area contributed by atoms with Crippen LogP contribution in [-0.4, -0.2) is 17.7 Å².